The lowest BCUT2D eigenvalue weighted by molar-refractivity contribution is -0.133. The minimum absolute atomic E-state index is 0.0701. The number of para-hydroxylation sites is 2. The first-order valence-corrected chi connectivity index (χ1v) is 7.74. The van der Waals surface area contributed by atoms with Gasteiger partial charge in [0.05, 0.1) is 12.3 Å². The topological polar surface area (TPSA) is 75.4 Å². The molecule has 1 fully saturated rings. The minimum Gasteiger partial charge on any atom is -0.431 e. The zero-order chi connectivity index (χ0) is 14.7. The van der Waals surface area contributed by atoms with Crippen LogP contribution >= 0.6 is 11.8 Å². The highest BCUT2D eigenvalue weighted by Crippen LogP contribution is 2.23. The largest absolute Gasteiger partial charge is 0.431 e. The van der Waals surface area contributed by atoms with E-state index in [1.165, 1.54) is 11.8 Å². The summed E-state index contributed by atoms with van der Waals surface area (Å²) in [5, 5.41) is 3.23. The highest BCUT2D eigenvalue weighted by molar-refractivity contribution is 7.99. The fourth-order valence-corrected chi connectivity index (χ4v) is 2.89. The van der Waals surface area contributed by atoms with Crippen LogP contribution in [0.1, 0.15) is 6.42 Å². The van der Waals surface area contributed by atoms with Crippen molar-refractivity contribution in [2.45, 2.75) is 11.6 Å². The molecule has 6 nitrogen and oxygen atoms in total. The normalized spacial score (nSPS) is 15.8. The van der Waals surface area contributed by atoms with Gasteiger partial charge in [-0.3, -0.25) is 9.59 Å². The Morgan fingerprint density at radius 2 is 2.29 bits per heavy atom. The van der Waals surface area contributed by atoms with Crippen molar-refractivity contribution in [3.63, 3.8) is 0 Å². The van der Waals surface area contributed by atoms with Gasteiger partial charge in [0.15, 0.2) is 5.58 Å². The van der Waals surface area contributed by atoms with Crippen molar-refractivity contribution in [2.75, 3.05) is 25.4 Å². The number of nitrogens with zero attached hydrogens (tertiary/aromatic N) is 2. The number of carbonyl (C=O) groups excluding carboxylic acids is 2. The zero-order valence-corrected chi connectivity index (χ0v) is 12.2. The monoisotopic (exact) mass is 305 g/mol. The molecule has 1 saturated heterocycles. The van der Waals surface area contributed by atoms with Crippen molar-refractivity contribution >= 4 is 34.7 Å². The summed E-state index contributed by atoms with van der Waals surface area (Å²) in [7, 11) is 0. The fourth-order valence-electron chi connectivity index (χ4n) is 2.15. The average molecular weight is 305 g/mol. The Morgan fingerprint density at radius 1 is 1.43 bits per heavy atom. The maximum absolute atomic E-state index is 12.1. The highest BCUT2D eigenvalue weighted by atomic mass is 32.2. The van der Waals surface area contributed by atoms with E-state index < -0.39 is 0 Å². The van der Waals surface area contributed by atoms with Gasteiger partial charge in [-0.05, 0) is 18.6 Å². The number of benzene rings is 1. The molecule has 0 saturated carbocycles. The van der Waals surface area contributed by atoms with E-state index in [-0.39, 0.29) is 24.1 Å². The third kappa shape index (κ3) is 3.36. The molecule has 21 heavy (non-hydrogen) atoms. The summed E-state index contributed by atoms with van der Waals surface area (Å²) in [5.41, 5.74) is 1.49. The Hall–Kier alpha value is -2.02. The van der Waals surface area contributed by atoms with Crippen molar-refractivity contribution in [3.8, 4) is 0 Å². The first-order chi connectivity index (χ1) is 10.2. The van der Waals surface area contributed by atoms with Gasteiger partial charge >= 0.3 is 0 Å². The Balaban J connectivity index is 1.61. The summed E-state index contributed by atoms with van der Waals surface area (Å²) in [6, 6.07) is 7.47. The molecule has 0 atom stereocenters. The van der Waals surface area contributed by atoms with Crippen molar-refractivity contribution in [2.24, 2.45) is 0 Å². The molecule has 0 bridgehead atoms. The number of aromatic nitrogens is 1. The minimum atomic E-state index is -0.104. The quantitative estimate of drug-likeness (QED) is 0.864. The maximum Gasteiger partial charge on any atom is 0.257 e. The van der Waals surface area contributed by atoms with Crippen LogP contribution in [0.5, 0.6) is 0 Å². The predicted octanol–water partition coefficient (Wildman–Crippen LogP) is 1.27. The second-order valence-electron chi connectivity index (χ2n) is 4.75. The van der Waals surface area contributed by atoms with Gasteiger partial charge in [0.2, 0.25) is 11.8 Å². The van der Waals surface area contributed by atoms with Gasteiger partial charge in [-0.15, -0.1) is 0 Å². The number of carbonyl (C=O) groups is 2. The number of amides is 2. The molecule has 1 aromatic heterocycles. The van der Waals surface area contributed by atoms with Crippen LogP contribution < -0.4 is 5.32 Å². The van der Waals surface area contributed by atoms with E-state index in [1.807, 2.05) is 24.3 Å². The highest BCUT2D eigenvalue weighted by Gasteiger charge is 2.20. The van der Waals surface area contributed by atoms with Gasteiger partial charge in [-0.1, -0.05) is 23.9 Å². The van der Waals surface area contributed by atoms with Crippen LogP contribution in [-0.4, -0.2) is 47.1 Å². The number of oxazole rings is 1. The number of fused-ring (bicyclic) bond motifs is 1. The van der Waals surface area contributed by atoms with Gasteiger partial charge < -0.3 is 14.6 Å². The summed E-state index contributed by atoms with van der Waals surface area (Å²) < 4.78 is 5.55. The summed E-state index contributed by atoms with van der Waals surface area (Å²) >= 11 is 1.26. The molecule has 2 amide bonds. The van der Waals surface area contributed by atoms with Crippen LogP contribution in [0.4, 0.5) is 0 Å². The van der Waals surface area contributed by atoms with Gasteiger partial charge in [0.1, 0.15) is 5.52 Å². The Bertz CT molecular complexity index is 637. The van der Waals surface area contributed by atoms with Crippen molar-refractivity contribution < 1.29 is 14.0 Å². The molecular formula is C14H15N3O3S. The van der Waals surface area contributed by atoms with E-state index in [0.29, 0.717) is 23.9 Å². The second-order valence-corrected chi connectivity index (χ2v) is 5.68. The van der Waals surface area contributed by atoms with Crippen LogP contribution in [0.15, 0.2) is 33.9 Å². The molecule has 1 N–H and O–H groups in total. The lowest BCUT2D eigenvalue weighted by Crippen LogP contribution is -2.38. The molecule has 2 heterocycles. The van der Waals surface area contributed by atoms with Crippen LogP contribution in [0.25, 0.3) is 11.1 Å². The first kappa shape index (κ1) is 13.9. The number of hydrogen-bond donors (Lipinski definition) is 1. The molecule has 3 rings (SSSR count). The fraction of sp³-hybridized carbons (Fsp3) is 0.357. The predicted molar refractivity (Wildman–Crippen MR) is 78.9 cm³/mol. The van der Waals surface area contributed by atoms with Crippen molar-refractivity contribution in [3.05, 3.63) is 24.3 Å². The molecule has 0 radical (unpaired) electrons. The number of nitrogens with one attached hydrogen (secondary N) is 1. The van der Waals surface area contributed by atoms with E-state index >= 15 is 0 Å². The molecule has 0 aliphatic carbocycles. The smallest absolute Gasteiger partial charge is 0.257 e. The molecule has 0 spiro atoms. The molecular weight excluding hydrogens is 290 g/mol. The summed E-state index contributed by atoms with van der Waals surface area (Å²) in [5.74, 6) is 0.0483. The standard InChI is InChI=1S/C14H15N3O3S/c18-12-8-17(7-3-6-15-12)13(19)9-21-14-16-10-4-1-2-5-11(10)20-14/h1-2,4-5H,3,6-9H2,(H,15,18). The molecule has 1 aliphatic rings. The number of hydrogen-bond acceptors (Lipinski definition) is 5. The Kier molecular flexibility index (Phi) is 4.10. The van der Waals surface area contributed by atoms with Crippen molar-refractivity contribution in [1.82, 2.24) is 15.2 Å². The van der Waals surface area contributed by atoms with E-state index in [9.17, 15) is 9.59 Å². The van der Waals surface area contributed by atoms with Gasteiger partial charge in [0, 0.05) is 13.1 Å². The Labute approximate surface area is 125 Å². The Morgan fingerprint density at radius 3 is 3.14 bits per heavy atom. The third-order valence-electron chi connectivity index (χ3n) is 3.21. The van der Waals surface area contributed by atoms with E-state index in [4.69, 9.17) is 4.42 Å². The SMILES string of the molecule is O=C1CN(C(=O)CSc2nc3ccccc3o2)CCCN1. The second kappa shape index (κ2) is 6.17. The van der Waals surface area contributed by atoms with Crippen molar-refractivity contribution in [1.29, 1.82) is 0 Å². The lowest BCUT2D eigenvalue weighted by atomic mass is 10.3. The van der Waals surface area contributed by atoms with Crippen LogP contribution in [0.2, 0.25) is 0 Å². The summed E-state index contributed by atoms with van der Waals surface area (Å²) in [6.07, 6.45) is 0.783. The van der Waals surface area contributed by atoms with Gasteiger partial charge in [0.25, 0.3) is 5.22 Å². The van der Waals surface area contributed by atoms with Gasteiger partial charge in [-0.2, -0.15) is 0 Å². The third-order valence-corrected chi connectivity index (χ3v) is 4.02. The van der Waals surface area contributed by atoms with Gasteiger partial charge in [-0.25, -0.2) is 4.98 Å². The summed E-state index contributed by atoms with van der Waals surface area (Å²) in [4.78, 5) is 29.5. The van der Waals surface area contributed by atoms with E-state index in [0.717, 1.165) is 11.9 Å². The molecule has 110 valence electrons. The van der Waals surface area contributed by atoms with Crippen LogP contribution in [-0.2, 0) is 9.59 Å². The summed E-state index contributed by atoms with van der Waals surface area (Å²) in [6.45, 7) is 1.36. The molecule has 1 aromatic carbocycles. The number of thioether (sulfide) groups is 1. The molecule has 0 unspecified atom stereocenters. The average Bonchev–Trinajstić information content (AvgIpc) is 2.78. The molecule has 7 heteroatoms. The molecule has 2 aromatic rings. The van der Waals surface area contributed by atoms with Crippen LogP contribution in [0, 0.1) is 0 Å². The van der Waals surface area contributed by atoms with Crippen LogP contribution in [0.3, 0.4) is 0 Å². The number of rotatable bonds is 3. The maximum atomic E-state index is 12.1. The zero-order valence-electron chi connectivity index (χ0n) is 11.4. The lowest BCUT2D eigenvalue weighted by Gasteiger charge is -2.18. The van der Waals surface area contributed by atoms with E-state index in [1.54, 1.807) is 4.90 Å². The first-order valence-electron chi connectivity index (χ1n) is 6.75. The van der Waals surface area contributed by atoms with E-state index in [2.05, 4.69) is 10.3 Å². The molecule has 1 aliphatic heterocycles.